The average Bonchev–Trinajstić information content (AvgIpc) is 3.35. The van der Waals surface area contributed by atoms with Gasteiger partial charge in [-0.05, 0) is 62.6 Å². The summed E-state index contributed by atoms with van der Waals surface area (Å²) in [4.78, 5) is 31.5. The minimum atomic E-state index is -0.415. The average molecular weight is 513 g/mol. The molecule has 2 aromatic carbocycles. The molecule has 0 spiro atoms. The Morgan fingerprint density at radius 1 is 1.05 bits per heavy atom. The zero-order chi connectivity index (χ0) is 26.7. The van der Waals surface area contributed by atoms with E-state index in [1.54, 1.807) is 6.20 Å². The second-order valence-electron chi connectivity index (χ2n) is 11.0. The van der Waals surface area contributed by atoms with Crippen molar-refractivity contribution in [2.75, 3.05) is 18.5 Å². The van der Waals surface area contributed by atoms with E-state index in [0.29, 0.717) is 31.2 Å². The lowest BCUT2D eigenvalue weighted by Crippen LogP contribution is -2.39. The Bertz CT molecular complexity index is 1280. The largest absolute Gasteiger partial charge is 0.448 e. The molecule has 1 saturated heterocycles. The van der Waals surface area contributed by atoms with Gasteiger partial charge in [0.05, 0.1) is 24.1 Å². The van der Waals surface area contributed by atoms with E-state index < -0.39 is 5.54 Å². The van der Waals surface area contributed by atoms with Gasteiger partial charge in [-0.3, -0.25) is 9.78 Å². The van der Waals surface area contributed by atoms with Crippen molar-refractivity contribution in [2.45, 2.75) is 57.5 Å². The van der Waals surface area contributed by atoms with Gasteiger partial charge in [0.2, 0.25) is 5.91 Å². The number of nitrogens with one attached hydrogen (secondary N) is 1. The number of ether oxygens (including phenoxy) is 1. The van der Waals surface area contributed by atoms with Gasteiger partial charge in [-0.1, -0.05) is 54.6 Å². The van der Waals surface area contributed by atoms with Crippen molar-refractivity contribution in [1.29, 1.82) is 0 Å². The Hall–Kier alpha value is -3.71. The number of carbonyl (C=O) groups is 2. The zero-order valence-corrected chi connectivity index (χ0v) is 22.2. The summed E-state index contributed by atoms with van der Waals surface area (Å²) in [5.74, 6) is 0.313. The van der Waals surface area contributed by atoms with Crippen molar-refractivity contribution in [3.05, 3.63) is 72.4 Å². The maximum absolute atomic E-state index is 13.0. The van der Waals surface area contributed by atoms with Crippen LogP contribution in [0.4, 0.5) is 10.5 Å². The van der Waals surface area contributed by atoms with Crippen molar-refractivity contribution in [3.63, 3.8) is 0 Å². The molecule has 7 heteroatoms. The first-order valence-electron chi connectivity index (χ1n) is 13.5. The number of hydrogen-bond acceptors (Lipinski definition) is 5. The van der Waals surface area contributed by atoms with Crippen molar-refractivity contribution in [3.8, 4) is 22.4 Å². The smallest absolute Gasteiger partial charge is 0.410 e. The van der Waals surface area contributed by atoms with Gasteiger partial charge in [0.1, 0.15) is 6.61 Å². The monoisotopic (exact) mass is 512 g/mol. The normalized spacial score (nSPS) is 19.8. The first-order valence-corrected chi connectivity index (χ1v) is 13.5. The van der Waals surface area contributed by atoms with E-state index in [9.17, 15) is 9.59 Å². The molecule has 3 N–H and O–H groups in total. The third kappa shape index (κ3) is 5.89. The van der Waals surface area contributed by atoms with Gasteiger partial charge in [0, 0.05) is 29.1 Å². The van der Waals surface area contributed by atoms with Crippen molar-refractivity contribution >= 4 is 17.7 Å². The highest BCUT2D eigenvalue weighted by Crippen LogP contribution is 2.34. The minimum Gasteiger partial charge on any atom is -0.448 e. The molecule has 1 aromatic heterocycles. The number of rotatable bonds is 7. The molecule has 2 heterocycles. The molecule has 5 rings (SSSR count). The summed E-state index contributed by atoms with van der Waals surface area (Å²) in [7, 11) is 0. The summed E-state index contributed by atoms with van der Waals surface area (Å²) in [6.45, 7) is 5.14. The third-order valence-corrected chi connectivity index (χ3v) is 7.68. The summed E-state index contributed by atoms with van der Waals surface area (Å²) < 4.78 is 5.09. The highest BCUT2D eigenvalue weighted by Gasteiger charge is 2.33. The van der Waals surface area contributed by atoms with Crippen molar-refractivity contribution < 1.29 is 14.3 Å². The van der Waals surface area contributed by atoms with Crippen LogP contribution in [0, 0.1) is 5.92 Å². The summed E-state index contributed by atoms with van der Waals surface area (Å²) in [6.07, 6.45) is 5.71. The maximum atomic E-state index is 13.0. The lowest BCUT2D eigenvalue weighted by atomic mass is 9.83. The quantitative estimate of drug-likeness (QED) is 0.408. The summed E-state index contributed by atoms with van der Waals surface area (Å²) in [5, 5.41) is 3.08. The van der Waals surface area contributed by atoms with Crippen LogP contribution in [-0.2, 0) is 15.1 Å². The van der Waals surface area contributed by atoms with Crippen LogP contribution in [0.3, 0.4) is 0 Å². The topological polar surface area (TPSA) is 97.5 Å². The highest BCUT2D eigenvalue weighted by molar-refractivity contribution is 5.93. The SMILES string of the molecule is CC(C)(N)c1ccc(-c2ncc(NC(=O)C[C@H]3CC[C@H](N4CCOC4=O)CC3)cc2-c2ccccc2)cc1. The molecule has 198 valence electrons. The van der Waals surface area contributed by atoms with Gasteiger partial charge >= 0.3 is 6.09 Å². The predicted molar refractivity (Wildman–Crippen MR) is 149 cm³/mol. The molecule has 0 bridgehead atoms. The van der Waals surface area contributed by atoms with E-state index in [4.69, 9.17) is 15.5 Å². The number of anilines is 1. The van der Waals surface area contributed by atoms with E-state index >= 15 is 0 Å². The Morgan fingerprint density at radius 3 is 2.39 bits per heavy atom. The maximum Gasteiger partial charge on any atom is 0.410 e. The zero-order valence-electron chi connectivity index (χ0n) is 22.2. The van der Waals surface area contributed by atoms with Gasteiger partial charge in [0.15, 0.2) is 0 Å². The molecule has 0 radical (unpaired) electrons. The number of hydrogen-bond donors (Lipinski definition) is 2. The number of nitrogens with two attached hydrogens (primary N) is 1. The Morgan fingerprint density at radius 2 is 1.76 bits per heavy atom. The molecule has 2 amide bonds. The molecular weight excluding hydrogens is 476 g/mol. The second-order valence-corrected chi connectivity index (χ2v) is 11.0. The lowest BCUT2D eigenvalue weighted by molar-refractivity contribution is -0.117. The van der Waals surface area contributed by atoms with Crippen LogP contribution in [0.1, 0.15) is 51.5 Å². The number of cyclic esters (lactones) is 1. The van der Waals surface area contributed by atoms with Gasteiger partial charge in [0.25, 0.3) is 0 Å². The first-order chi connectivity index (χ1) is 18.3. The van der Waals surface area contributed by atoms with E-state index in [1.807, 2.05) is 55.1 Å². The molecule has 0 unspecified atom stereocenters. The van der Waals surface area contributed by atoms with Gasteiger partial charge in [-0.2, -0.15) is 0 Å². The third-order valence-electron chi connectivity index (χ3n) is 7.68. The van der Waals surface area contributed by atoms with E-state index in [2.05, 4.69) is 29.6 Å². The minimum absolute atomic E-state index is 0.00266. The Labute approximate surface area is 224 Å². The lowest BCUT2D eigenvalue weighted by Gasteiger charge is -2.32. The van der Waals surface area contributed by atoms with Crippen LogP contribution in [0.5, 0.6) is 0 Å². The number of pyridine rings is 1. The molecule has 1 aliphatic carbocycles. The molecule has 1 saturated carbocycles. The van der Waals surface area contributed by atoms with Crippen molar-refractivity contribution in [2.24, 2.45) is 11.7 Å². The summed E-state index contributed by atoms with van der Waals surface area (Å²) in [6, 6.07) is 20.5. The predicted octanol–water partition coefficient (Wildman–Crippen LogP) is 5.95. The number of amides is 2. The molecule has 1 aliphatic heterocycles. The summed E-state index contributed by atoms with van der Waals surface area (Å²) >= 11 is 0. The van der Waals surface area contributed by atoms with Crippen LogP contribution in [0.15, 0.2) is 66.9 Å². The Balaban J connectivity index is 1.28. The molecule has 38 heavy (non-hydrogen) atoms. The number of aromatic nitrogens is 1. The molecule has 0 atom stereocenters. The number of carbonyl (C=O) groups excluding carboxylic acids is 2. The van der Waals surface area contributed by atoms with Crippen LogP contribution < -0.4 is 11.1 Å². The first kappa shape index (κ1) is 25.9. The number of benzene rings is 2. The van der Waals surface area contributed by atoms with E-state index in [1.165, 1.54) is 0 Å². The van der Waals surface area contributed by atoms with Crippen molar-refractivity contribution in [1.82, 2.24) is 9.88 Å². The molecule has 2 fully saturated rings. The fourth-order valence-corrected chi connectivity index (χ4v) is 5.53. The fraction of sp³-hybridized carbons (Fsp3) is 0.387. The van der Waals surface area contributed by atoms with Crippen LogP contribution in [0.25, 0.3) is 22.4 Å². The van der Waals surface area contributed by atoms with Crippen LogP contribution in [0.2, 0.25) is 0 Å². The van der Waals surface area contributed by atoms with Gasteiger partial charge in [-0.15, -0.1) is 0 Å². The van der Waals surface area contributed by atoms with Gasteiger partial charge in [-0.25, -0.2) is 4.79 Å². The molecule has 3 aromatic rings. The van der Waals surface area contributed by atoms with Crippen LogP contribution >= 0.6 is 0 Å². The molecule has 2 aliphatic rings. The summed E-state index contributed by atoms with van der Waals surface area (Å²) in [5.41, 5.74) is 11.4. The molecular formula is C31H36N4O3. The highest BCUT2D eigenvalue weighted by atomic mass is 16.6. The Kier molecular flexibility index (Phi) is 7.47. The second kappa shape index (κ2) is 11.0. The van der Waals surface area contributed by atoms with E-state index in [0.717, 1.165) is 53.6 Å². The van der Waals surface area contributed by atoms with Gasteiger partial charge < -0.3 is 20.7 Å². The molecule has 7 nitrogen and oxygen atoms in total. The van der Waals surface area contributed by atoms with E-state index in [-0.39, 0.29) is 18.0 Å². The van der Waals surface area contributed by atoms with Crippen LogP contribution in [-0.4, -0.2) is 41.1 Å². The standard InChI is InChI=1S/C31H36N4O3/c1-31(2,32)24-12-10-23(11-13-24)29-27(22-6-4-3-5-7-22)19-25(20-33-29)34-28(36)18-21-8-14-26(15-9-21)35-16-17-38-30(35)37/h3-7,10-13,19-21,26H,8-9,14-18,32H2,1-2H3,(H,34,36)/t21-,26-. The fourth-order valence-electron chi connectivity index (χ4n) is 5.53. The number of nitrogens with zero attached hydrogens (tertiary/aromatic N) is 2.